The molecule has 2 aliphatic carbocycles. The number of hydrogen-bond donors (Lipinski definition) is 2. The Labute approximate surface area is 260 Å². The molecule has 218 valence electrons. The summed E-state index contributed by atoms with van der Waals surface area (Å²) in [5.74, 6) is -0.0295. The highest BCUT2D eigenvalue weighted by atomic mass is 16.3. The molecule has 0 fully saturated rings. The molecule has 2 aliphatic rings. The molecule has 0 bridgehead atoms. The molecular formula is C42H38O2. The molecule has 0 amide bonds. The van der Waals surface area contributed by atoms with Gasteiger partial charge in [0, 0.05) is 17.0 Å². The van der Waals surface area contributed by atoms with Crippen molar-refractivity contribution in [3.05, 3.63) is 190 Å². The number of benzene rings is 5. The van der Waals surface area contributed by atoms with Gasteiger partial charge in [0.25, 0.3) is 0 Å². The third-order valence-corrected chi connectivity index (χ3v) is 9.72. The van der Waals surface area contributed by atoms with Gasteiger partial charge >= 0.3 is 0 Å². The maximum atomic E-state index is 12.4. The molecule has 2 heteroatoms. The van der Waals surface area contributed by atoms with Crippen LogP contribution in [-0.2, 0) is 30.5 Å². The fourth-order valence-electron chi connectivity index (χ4n) is 7.31. The van der Waals surface area contributed by atoms with Crippen molar-refractivity contribution >= 4 is 0 Å². The van der Waals surface area contributed by atoms with Crippen LogP contribution in [0.2, 0.25) is 0 Å². The van der Waals surface area contributed by atoms with Gasteiger partial charge in [-0.2, -0.15) is 0 Å². The summed E-state index contributed by atoms with van der Waals surface area (Å²) in [6, 6.07) is 41.7. The molecular weight excluding hydrogens is 536 g/mol. The van der Waals surface area contributed by atoms with Gasteiger partial charge in [0.15, 0.2) is 0 Å². The number of allylic oxidation sites excluding steroid dienone is 3. The lowest BCUT2D eigenvalue weighted by molar-refractivity contribution is 0.0360. The van der Waals surface area contributed by atoms with Gasteiger partial charge in [-0.05, 0) is 70.2 Å². The number of rotatable bonds is 8. The average molecular weight is 575 g/mol. The van der Waals surface area contributed by atoms with E-state index in [0.29, 0.717) is 0 Å². The third kappa shape index (κ3) is 4.66. The monoisotopic (exact) mass is 574 g/mol. The van der Waals surface area contributed by atoms with E-state index in [0.717, 1.165) is 64.6 Å². The van der Waals surface area contributed by atoms with Crippen molar-refractivity contribution < 1.29 is 10.2 Å². The second kappa shape index (κ2) is 11.5. The molecule has 0 spiro atoms. The molecule has 7 rings (SSSR count). The predicted molar refractivity (Wildman–Crippen MR) is 179 cm³/mol. The lowest BCUT2D eigenvalue weighted by Crippen LogP contribution is -2.36. The highest BCUT2D eigenvalue weighted by Crippen LogP contribution is 2.50. The Morgan fingerprint density at radius 1 is 0.682 bits per heavy atom. The van der Waals surface area contributed by atoms with Crippen molar-refractivity contribution in [2.45, 2.75) is 43.8 Å². The maximum Gasteiger partial charge on any atom is 0.141 e. The van der Waals surface area contributed by atoms with Crippen molar-refractivity contribution in [2.24, 2.45) is 5.92 Å². The molecule has 2 unspecified atom stereocenters. The zero-order valence-electron chi connectivity index (χ0n) is 25.2. The third-order valence-electron chi connectivity index (χ3n) is 9.72. The molecule has 5 aromatic carbocycles. The van der Waals surface area contributed by atoms with E-state index in [4.69, 9.17) is 0 Å². The van der Waals surface area contributed by atoms with Gasteiger partial charge < -0.3 is 10.2 Å². The van der Waals surface area contributed by atoms with Gasteiger partial charge in [-0.25, -0.2) is 0 Å². The van der Waals surface area contributed by atoms with Gasteiger partial charge in [-0.1, -0.05) is 153 Å². The Bertz CT molecular complexity index is 1800. The van der Waals surface area contributed by atoms with E-state index >= 15 is 0 Å². The van der Waals surface area contributed by atoms with E-state index in [-0.39, 0.29) is 5.92 Å². The number of hydrogen-bond acceptors (Lipinski definition) is 2. The zero-order valence-corrected chi connectivity index (χ0v) is 25.2. The van der Waals surface area contributed by atoms with E-state index in [9.17, 15) is 10.2 Å². The summed E-state index contributed by atoms with van der Waals surface area (Å²) in [7, 11) is 0. The SMILES string of the molecule is CCc1ccccc1C(O)(c1ccc(CCc2ccc(C3(O)c4ccccc4-c4ccccc43)cc2)cc1)C1C=CC=CC1. The summed E-state index contributed by atoms with van der Waals surface area (Å²) < 4.78 is 0. The Hall–Kier alpha value is -4.50. The van der Waals surface area contributed by atoms with Crippen LogP contribution in [-0.4, -0.2) is 10.2 Å². The molecule has 0 aromatic heterocycles. The van der Waals surface area contributed by atoms with Crippen molar-refractivity contribution in [1.82, 2.24) is 0 Å². The number of aryl methyl sites for hydroxylation is 3. The van der Waals surface area contributed by atoms with Crippen molar-refractivity contribution in [1.29, 1.82) is 0 Å². The summed E-state index contributed by atoms with van der Waals surface area (Å²) in [5.41, 5.74) is 8.29. The summed E-state index contributed by atoms with van der Waals surface area (Å²) in [4.78, 5) is 0. The lowest BCUT2D eigenvalue weighted by atomic mass is 9.71. The first-order valence-electron chi connectivity index (χ1n) is 15.8. The van der Waals surface area contributed by atoms with Crippen LogP contribution in [0.15, 0.2) is 146 Å². The molecule has 0 aliphatic heterocycles. The summed E-state index contributed by atoms with van der Waals surface area (Å²) >= 11 is 0. The fourth-order valence-corrected chi connectivity index (χ4v) is 7.31. The minimum Gasteiger partial charge on any atom is -0.380 e. The van der Waals surface area contributed by atoms with E-state index in [1.807, 2.05) is 42.5 Å². The van der Waals surface area contributed by atoms with E-state index in [2.05, 4.69) is 110 Å². The zero-order chi connectivity index (χ0) is 30.1. The number of aliphatic hydroxyl groups is 2. The van der Waals surface area contributed by atoms with Crippen LogP contribution in [0.1, 0.15) is 57.9 Å². The van der Waals surface area contributed by atoms with Crippen LogP contribution in [0, 0.1) is 5.92 Å². The Morgan fingerprint density at radius 2 is 1.25 bits per heavy atom. The molecule has 0 radical (unpaired) electrons. The van der Waals surface area contributed by atoms with Crippen molar-refractivity contribution in [3.63, 3.8) is 0 Å². The molecule has 2 nitrogen and oxygen atoms in total. The second-order valence-corrected chi connectivity index (χ2v) is 12.1. The van der Waals surface area contributed by atoms with E-state index < -0.39 is 11.2 Å². The van der Waals surface area contributed by atoms with Gasteiger partial charge in [-0.15, -0.1) is 0 Å². The maximum absolute atomic E-state index is 12.4. The van der Waals surface area contributed by atoms with Crippen LogP contribution < -0.4 is 0 Å². The van der Waals surface area contributed by atoms with E-state index in [1.54, 1.807) is 0 Å². The minimum atomic E-state index is -1.15. The number of fused-ring (bicyclic) bond motifs is 3. The van der Waals surface area contributed by atoms with Crippen molar-refractivity contribution in [2.75, 3.05) is 0 Å². The van der Waals surface area contributed by atoms with Crippen LogP contribution in [0.25, 0.3) is 11.1 Å². The molecule has 0 heterocycles. The van der Waals surface area contributed by atoms with Gasteiger partial charge in [0.1, 0.15) is 11.2 Å². The Morgan fingerprint density at radius 3 is 1.84 bits per heavy atom. The van der Waals surface area contributed by atoms with E-state index in [1.165, 1.54) is 16.7 Å². The Kier molecular flexibility index (Phi) is 7.42. The molecule has 5 aromatic rings. The van der Waals surface area contributed by atoms with Crippen LogP contribution in [0.3, 0.4) is 0 Å². The standard InChI is InChI=1S/C42H38O2/c1-2-32-12-6-9-17-38(32)41(43,33-13-4-3-5-14-33)34-26-22-30(23-27-34)20-21-31-24-28-35(29-25-31)42(44)39-18-10-7-15-36(39)37-16-8-11-19-40(37)42/h3-13,15-19,22-29,33,43-44H,2,14,20-21H2,1H3. The highest BCUT2D eigenvalue weighted by Gasteiger charge is 2.43. The predicted octanol–water partition coefficient (Wildman–Crippen LogP) is 8.67. The smallest absolute Gasteiger partial charge is 0.141 e. The topological polar surface area (TPSA) is 40.5 Å². The Balaban J connectivity index is 1.11. The fraction of sp³-hybridized carbons (Fsp3) is 0.190. The summed E-state index contributed by atoms with van der Waals surface area (Å²) in [5, 5.41) is 24.6. The largest absolute Gasteiger partial charge is 0.380 e. The first-order chi connectivity index (χ1) is 21.5. The molecule has 0 saturated heterocycles. The average Bonchev–Trinajstić information content (AvgIpc) is 3.37. The molecule has 44 heavy (non-hydrogen) atoms. The molecule has 2 N–H and O–H groups in total. The van der Waals surface area contributed by atoms with Gasteiger partial charge in [-0.3, -0.25) is 0 Å². The molecule has 0 saturated carbocycles. The van der Waals surface area contributed by atoms with Gasteiger partial charge in [0.05, 0.1) is 0 Å². The normalized spacial score (nSPS) is 17.6. The van der Waals surface area contributed by atoms with Crippen LogP contribution >= 0.6 is 0 Å². The summed E-state index contributed by atoms with van der Waals surface area (Å²) in [6.07, 6.45) is 11.9. The first kappa shape index (κ1) is 28.3. The van der Waals surface area contributed by atoms with Crippen molar-refractivity contribution in [3.8, 4) is 11.1 Å². The highest BCUT2D eigenvalue weighted by molar-refractivity contribution is 5.82. The van der Waals surface area contributed by atoms with Crippen LogP contribution in [0.4, 0.5) is 0 Å². The van der Waals surface area contributed by atoms with Gasteiger partial charge in [0.2, 0.25) is 0 Å². The minimum absolute atomic E-state index is 0.0295. The van der Waals surface area contributed by atoms with Crippen LogP contribution in [0.5, 0.6) is 0 Å². The first-order valence-corrected chi connectivity index (χ1v) is 15.8. The lowest BCUT2D eigenvalue weighted by Gasteiger charge is -2.37. The summed E-state index contributed by atoms with van der Waals surface area (Å²) in [6.45, 7) is 2.15. The quantitative estimate of drug-likeness (QED) is 0.195. The second-order valence-electron chi connectivity index (χ2n) is 12.1. The molecule has 2 atom stereocenters.